The molecule has 0 radical (unpaired) electrons. The lowest BCUT2D eigenvalue weighted by atomic mass is 10.2. The molecule has 0 N–H and O–H groups in total. The molecule has 2 aromatic carbocycles. The fourth-order valence-corrected chi connectivity index (χ4v) is 6.40. The quantitative estimate of drug-likeness (QED) is 0.447. The van der Waals surface area contributed by atoms with Crippen molar-refractivity contribution in [2.75, 3.05) is 38.2 Å². The van der Waals surface area contributed by atoms with Crippen molar-refractivity contribution < 1.29 is 17.9 Å². The lowest BCUT2D eigenvalue weighted by Gasteiger charge is -2.36. The van der Waals surface area contributed by atoms with Crippen LogP contribution in [0.3, 0.4) is 0 Å². The number of sulfonamides is 1. The average Bonchev–Trinajstić information content (AvgIpc) is 3.43. The molecule has 3 aromatic rings. The summed E-state index contributed by atoms with van der Waals surface area (Å²) in [5, 5.41) is 4.91. The van der Waals surface area contributed by atoms with Gasteiger partial charge in [0.05, 0.1) is 30.0 Å². The third kappa shape index (κ3) is 5.32. The molecule has 11 heteroatoms. The maximum absolute atomic E-state index is 13.6. The van der Waals surface area contributed by atoms with Gasteiger partial charge in [-0.1, -0.05) is 17.7 Å². The van der Waals surface area contributed by atoms with Gasteiger partial charge in [0.1, 0.15) is 11.4 Å². The number of anilines is 1. The molecule has 37 heavy (non-hydrogen) atoms. The van der Waals surface area contributed by atoms with E-state index in [1.54, 1.807) is 54.7 Å². The molecule has 1 saturated heterocycles. The number of nitrogens with zero attached hydrogens (tertiary/aromatic N) is 4. The largest absolute Gasteiger partial charge is 0.497 e. The van der Waals surface area contributed by atoms with Crippen LogP contribution in [-0.2, 0) is 10.0 Å². The Morgan fingerprint density at radius 2 is 1.70 bits per heavy atom. The summed E-state index contributed by atoms with van der Waals surface area (Å²) in [4.78, 5) is 15.8. The number of hydrogen-bond donors (Lipinski definition) is 0. The normalized spacial score (nSPS) is 17.2. The van der Waals surface area contributed by atoms with E-state index in [2.05, 4.69) is 5.10 Å². The van der Waals surface area contributed by atoms with Crippen molar-refractivity contribution in [1.82, 2.24) is 14.1 Å². The minimum Gasteiger partial charge on any atom is -0.497 e. The Balaban J connectivity index is 1.40. The first-order valence-electron chi connectivity index (χ1n) is 12.3. The molecule has 2 heterocycles. The van der Waals surface area contributed by atoms with E-state index in [1.807, 2.05) is 4.90 Å². The molecule has 0 atom stereocenters. The lowest BCUT2D eigenvalue weighted by molar-refractivity contribution is 0.205. The van der Waals surface area contributed by atoms with Crippen molar-refractivity contribution in [1.29, 1.82) is 0 Å². The van der Waals surface area contributed by atoms with Gasteiger partial charge in [-0.3, -0.25) is 4.79 Å². The minimum absolute atomic E-state index is 0.0293. The summed E-state index contributed by atoms with van der Waals surface area (Å²) in [6.45, 7) is 1.35. The molecule has 1 aromatic heterocycles. The summed E-state index contributed by atoms with van der Waals surface area (Å²) in [6.07, 6.45) is 5.52. The predicted molar refractivity (Wildman–Crippen MR) is 142 cm³/mol. The summed E-state index contributed by atoms with van der Waals surface area (Å²) >= 11 is 6.14. The van der Waals surface area contributed by atoms with Crippen LogP contribution >= 0.6 is 11.6 Å². The fraction of sp³-hybridized carbons (Fsp3) is 0.385. The Morgan fingerprint density at radius 1 is 1.00 bits per heavy atom. The molecule has 1 saturated carbocycles. The van der Waals surface area contributed by atoms with Crippen LogP contribution in [0.5, 0.6) is 11.5 Å². The molecule has 5 rings (SSSR count). The minimum atomic E-state index is -3.65. The van der Waals surface area contributed by atoms with E-state index < -0.39 is 10.0 Å². The van der Waals surface area contributed by atoms with Crippen molar-refractivity contribution in [3.63, 3.8) is 0 Å². The van der Waals surface area contributed by atoms with Crippen molar-refractivity contribution >= 4 is 27.3 Å². The van der Waals surface area contributed by atoms with Crippen LogP contribution in [0, 0.1) is 0 Å². The average molecular weight is 545 g/mol. The van der Waals surface area contributed by atoms with E-state index in [9.17, 15) is 13.2 Å². The first kappa shape index (κ1) is 25.6. The smallest absolute Gasteiger partial charge is 0.316 e. The first-order chi connectivity index (χ1) is 17.9. The Hall–Kier alpha value is -3.08. The standard InChI is InChI=1S/C26H29ClN4O5S/c1-35-21-9-11-23(12-10-21)37(33,34)30-15-13-29(14-16-30)24-18-28-31(20-6-4-5-19(27)17-20)26(32)25(24)36-22-7-2-3-8-22/h4-6,9-12,17-18,22H,2-3,7-8,13-16H2,1H3. The second-order valence-corrected chi connectivity index (χ2v) is 11.5. The van der Waals surface area contributed by atoms with Gasteiger partial charge in [0.2, 0.25) is 15.8 Å². The van der Waals surface area contributed by atoms with Gasteiger partial charge < -0.3 is 14.4 Å². The molecule has 0 unspecified atom stereocenters. The zero-order chi connectivity index (χ0) is 26.0. The van der Waals surface area contributed by atoms with Crippen LogP contribution < -0.4 is 19.9 Å². The lowest BCUT2D eigenvalue weighted by Crippen LogP contribution is -2.49. The van der Waals surface area contributed by atoms with E-state index >= 15 is 0 Å². The van der Waals surface area contributed by atoms with Crippen LogP contribution in [-0.4, -0.2) is 61.9 Å². The fourth-order valence-electron chi connectivity index (χ4n) is 4.80. The second kappa shape index (κ2) is 10.7. The molecule has 0 spiro atoms. The Bertz CT molecular complexity index is 1410. The third-order valence-corrected chi connectivity index (χ3v) is 8.98. The number of aromatic nitrogens is 2. The molecule has 9 nitrogen and oxygen atoms in total. The van der Waals surface area contributed by atoms with Crippen LogP contribution in [0.25, 0.3) is 5.69 Å². The molecule has 2 fully saturated rings. The van der Waals surface area contributed by atoms with Crippen molar-refractivity contribution in [2.24, 2.45) is 0 Å². The maximum atomic E-state index is 13.6. The number of ether oxygens (including phenoxy) is 2. The van der Waals surface area contributed by atoms with Crippen LogP contribution in [0.15, 0.2) is 64.4 Å². The summed E-state index contributed by atoms with van der Waals surface area (Å²) in [5.74, 6) is 0.840. The zero-order valence-electron chi connectivity index (χ0n) is 20.5. The summed E-state index contributed by atoms with van der Waals surface area (Å²) in [7, 11) is -2.11. The van der Waals surface area contributed by atoms with Crippen molar-refractivity contribution in [3.05, 3.63) is 70.1 Å². The van der Waals surface area contributed by atoms with Gasteiger partial charge in [-0.2, -0.15) is 14.1 Å². The Labute approximate surface area is 221 Å². The van der Waals surface area contributed by atoms with E-state index in [-0.39, 0.29) is 35.4 Å². The number of rotatable bonds is 7. The van der Waals surface area contributed by atoms with E-state index in [1.165, 1.54) is 16.1 Å². The molecule has 1 aliphatic carbocycles. The highest BCUT2D eigenvalue weighted by Gasteiger charge is 2.31. The molecule has 2 aliphatic rings. The molecule has 0 amide bonds. The van der Waals surface area contributed by atoms with E-state index in [4.69, 9.17) is 21.1 Å². The van der Waals surface area contributed by atoms with E-state index in [0.717, 1.165) is 25.7 Å². The van der Waals surface area contributed by atoms with Gasteiger partial charge >= 0.3 is 5.56 Å². The Morgan fingerprint density at radius 3 is 2.35 bits per heavy atom. The number of piperazine rings is 1. The molecular weight excluding hydrogens is 516 g/mol. The number of benzene rings is 2. The monoisotopic (exact) mass is 544 g/mol. The molecule has 0 bridgehead atoms. The molecular formula is C26H29ClN4O5S. The SMILES string of the molecule is COc1ccc(S(=O)(=O)N2CCN(c3cnn(-c4cccc(Cl)c4)c(=O)c3OC3CCCC3)CC2)cc1. The highest BCUT2D eigenvalue weighted by molar-refractivity contribution is 7.89. The first-order valence-corrected chi connectivity index (χ1v) is 14.1. The third-order valence-electron chi connectivity index (χ3n) is 6.83. The molecule has 1 aliphatic heterocycles. The van der Waals surface area contributed by atoms with Crippen molar-refractivity contribution in [3.8, 4) is 17.2 Å². The number of methoxy groups -OCH3 is 1. The van der Waals surface area contributed by atoms with E-state index in [0.29, 0.717) is 35.2 Å². The summed E-state index contributed by atoms with van der Waals surface area (Å²) in [5.41, 5.74) is 0.771. The van der Waals surface area contributed by atoms with Gasteiger partial charge in [-0.15, -0.1) is 0 Å². The van der Waals surface area contributed by atoms with Gasteiger partial charge in [-0.25, -0.2) is 8.42 Å². The highest BCUT2D eigenvalue weighted by Crippen LogP contribution is 2.31. The van der Waals surface area contributed by atoms with Crippen LogP contribution in [0.4, 0.5) is 5.69 Å². The maximum Gasteiger partial charge on any atom is 0.316 e. The van der Waals surface area contributed by atoms with Crippen LogP contribution in [0.1, 0.15) is 25.7 Å². The Kier molecular flexibility index (Phi) is 7.41. The molecule has 196 valence electrons. The van der Waals surface area contributed by atoms with Gasteiger partial charge in [0.15, 0.2) is 0 Å². The van der Waals surface area contributed by atoms with Gasteiger partial charge in [-0.05, 0) is 68.1 Å². The van der Waals surface area contributed by atoms with Crippen molar-refractivity contribution in [2.45, 2.75) is 36.7 Å². The number of halogens is 1. The van der Waals surface area contributed by atoms with Gasteiger partial charge in [0.25, 0.3) is 0 Å². The van der Waals surface area contributed by atoms with Gasteiger partial charge in [0, 0.05) is 31.2 Å². The zero-order valence-corrected chi connectivity index (χ0v) is 22.1. The number of hydrogen-bond acceptors (Lipinski definition) is 7. The highest BCUT2D eigenvalue weighted by atomic mass is 35.5. The topological polar surface area (TPSA) is 94.0 Å². The predicted octanol–water partition coefficient (Wildman–Crippen LogP) is 3.73. The summed E-state index contributed by atoms with van der Waals surface area (Å²) in [6, 6.07) is 13.3. The summed E-state index contributed by atoms with van der Waals surface area (Å²) < 4.78 is 40.5. The van der Waals surface area contributed by atoms with Crippen LogP contribution in [0.2, 0.25) is 5.02 Å². The second-order valence-electron chi connectivity index (χ2n) is 9.15.